The van der Waals surface area contributed by atoms with Gasteiger partial charge in [-0.1, -0.05) is 47.1 Å². The van der Waals surface area contributed by atoms with Gasteiger partial charge in [0.25, 0.3) is 5.91 Å². The van der Waals surface area contributed by atoms with Crippen LogP contribution in [0.5, 0.6) is 0 Å². The molecular weight excluding hydrogens is 276 g/mol. The molecule has 1 aliphatic rings. The second-order valence-electron chi connectivity index (χ2n) is 4.62. The van der Waals surface area contributed by atoms with Gasteiger partial charge in [0, 0.05) is 10.6 Å². The normalized spacial score (nSPS) is 17.1. The molecule has 0 aliphatic carbocycles. The number of anilines is 1. The number of nitrogens with zero attached hydrogens (tertiary/aromatic N) is 2. The molecule has 1 atom stereocenters. The van der Waals surface area contributed by atoms with Gasteiger partial charge >= 0.3 is 0 Å². The zero-order valence-electron chi connectivity index (χ0n) is 10.5. The van der Waals surface area contributed by atoms with E-state index in [1.54, 1.807) is 23.1 Å². The Morgan fingerprint density at radius 1 is 1.15 bits per heavy atom. The largest absolute Gasteiger partial charge is 0.305 e. The maximum atomic E-state index is 12.3. The molecule has 4 nitrogen and oxygen atoms in total. The van der Waals surface area contributed by atoms with Crippen LogP contribution in [0.2, 0.25) is 5.02 Å². The summed E-state index contributed by atoms with van der Waals surface area (Å²) in [6.07, 6.45) is 0. The third kappa shape index (κ3) is 2.08. The lowest BCUT2D eigenvalue weighted by molar-refractivity contribution is -0.119. The van der Waals surface area contributed by atoms with Crippen LogP contribution in [0.3, 0.4) is 0 Å². The summed E-state index contributed by atoms with van der Waals surface area (Å²) < 4.78 is 0. The third-order valence-electron chi connectivity index (χ3n) is 3.36. The maximum Gasteiger partial charge on any atom is 0.260 e. The SMILES string of the molecule is O=NC1C(=O)N(Cc2ccccc2)c2ccc(Cl)cc21. The van der Waals surface area contributed by atoms with Crippen molar-refractivity contribution in [1.82, 2.24) is 0 Å². The molecule has 0 fully saturated rings. The minimum Gasteiger partial charge on any atom is -0.305 e. The summed E-state index contributed by atoms with van der Waals surface area (Å²) in [7, 11) is 0. The molecule has 2 aromatic carbocycles. The summed E-state index contributed by atoms with van der Waals surface area (Å²) in [6.45, 7) is 0.417. The Bertz CT molecular complexity index is 673. The van der Waals surface area contributed by atoms with E-state index < -0.39 is 6.04 Å². The van der Waals surface area contributed by atoms with E-state index in [9.17, 15) is 9.70 Å². The molecule has 0 spiro atoms. The number of rotatable bonds is 3. The zero-order valence-corrected chi connectivity index (χ0v) is 11.2. The number of carbonyl (C=O) groups excluding carboxylic acids is 1. The predicted molar refractivity (Wildman–Crippen MR) is 77.6 cm³/mol. The number of carbonyl (C=O) groups is 1. The van der Waals surface area contributed by atoms with E-state index >= 15 is 0 Å². The highest BCUT2D eigenvalue weighted by Crippen LogP contribution is 2.40. The van der Waals surface area contributed by atoms with E-state index in [2.05, 4.69) is 5.18 Å². The minimum atomic E-state index is -0.993. The van der Waals surface area contributed by atoms with Gasteiger partial charge in [0.15, 0.2) is 6.04 Å². The van der Waals surface area contributed by atoms with Gasteiger partial charge in [0.1, 0.15) is 0 Å². The first-order valence-electron chi connectivity index (χ1n) is 6.18. The Balaban J connectivity index is 2.01. The van der Waals surface area contributed by atoms with Crippen molar-refractivity contribution < 1.29 is 4.79 Å². The van der Waals surface area contributed by atoms with Crippen molar-refractivity contribution in [3.8, 4) is 0 Å². The van der Waals surface area contributed by atoms with Crippen molar-refractivity contribution in [2.45, 2.75) is 12.6 Å². The summed E-state index contributed by atoms with van der Waals surface area (Å²) in [6, 6.07) is 13.7. The Hall–Kier alpha value is -2.20. The van der Waals surface area contributed by atoms with E-state index in [1.807, 2.05) is 30.3 Å². The van der Waals surface area contributed by atoms with Crippen LogP contribution in [-0.2, 0) is 11.3 Å². The summed E-state index contributed by atoms with van der Waals surface area (Å²) in [5.74, 6) is -0.305. The average molecular weight is 287 g/mol. The van der Waals surface area contributed by atoms with Crippen LogP contribution in [0.1, 0.15) is 17.2 Å². The molecule has 0 radical (unpaired) electrons. The molecule has 1 aliphatic heterocycles. The lowest BCUT2D eigenvalue weighted by Gasteiger charge is -2.17. The predicted octanol–water partition coefficient (Wildman–Crippen LogP) is 3.69. The summed E-state index contributed by atoms with van der Waals surface area (Å²) in [5.41, 5.74) is 2.27. The van der Waals surface area contributed by atoms with E-state index in [-0.39, 0.29) is 5.91 Å². The van der Waals surface area contributed by atoms with Gasteiger partial charge in [0.2, 0.25) is 0 Å². The number of halogens is 1. The smallest absolute Gasteiger partial charge is 0.260 e. The van der Waals surface area contributed by atoms with Crippen LogP contribution in [0.25, 0.3) is 0 Å². The zero-order chi connectivity index (χ0) is 14.1. The third-order valence-corrected chi connectivity index (χ3v) is 3.60. The number of hydrogen-bond acceptors (Lipinski definition) is 3. The maximum absolute atomic E-state index is 12.3. The second-order valence-corrected chi connectivity index (χ2v) is 5.06. The van der Waals surface area contributed by atoms with E-state index in [1.165, 1.54) is 0 Å². The molecule has 0 bridgehead atoms. The fourth-order valence-corrected chi connectivity index (χ4v) is 2.60. The highest BCUT2D eigenvalue weighted by Gasteiger charge is 2.38. The van der Waals surface area contributed by atoms with Crippen LogP contribution in [0.15, 0.2) is 53.7 Å². The quantitative estimate of drug-likeness (QED) is 0.808. The first kappa shape index (κ1) is 12.8. The van der Waals surface area contributed by atoms with Crippen LogP contribution in [0, 0.1) is 4.91 Å². The Kier molecular flexibility index (Phi) is 3.24. The van der Waals surface area contributed by atoms with Crippen LogP contribution in [0.4, 0.5) is 5.69 Å². The van der Waals surface area contributed by atoms with Crippen LogP contribution < -0.4 is 4.90 Å². The molecular formula is C15H11ClN2O2. The monoisotopic (exact) mass is 286 g/mol. The molecule has 0 N–H and O–H groups in total. The molecule has 1 heterocycles. The second kappa shape index (κ2) is 5.06. The molecule has 0 aromatic heterocycles. The van der Waals surface area contributed by atoms with Gasteiger partial charge in [-0.3, -0.25) is 4.79 Å². The lowest BCUT2D eigenvalue weighted by Crippen LogP contribution is -2.27. The molecule has 5 heteroatoms. The van der Waals surface area contributed by atoms with E-state index in [4.69, 9.17) is 11.6 Å². The molecule has 0 saturated carbocycles. The van der Waals surface area contributed by atoms with Crippen molar-refractivity contribution in [2.75, 3.05) is 4.90 Å². The number of amides is 1. The fourth-order valence-electron chi connectivity index (χ4n) is 2.42. The van der Waals surface area contributed by atoms with Gasteiger partial charge in [-0.05, 0) is 23.8 Å². The van der Waals surface area contributed by atoms with E-state index in [0.29, 0.717) is 22.8 Å². The number of nitroso groups, excluding NO2 is 1. The van der Waals surface area contributed by atoms with Crippen molar-refractivity contribution >= 4 is 23.2 Å². The average Bonchev–Trinajstić information content (AvgIpc) is 2.71. The van der Waals surface area contributed by atoms with E-state index in [0.717, 1.165) is 5.56 Å². The summed E-state index contributed by atoms with van der Waals surface area (Å²) in [5, 5.41) is 3.44. The Labute approximate surface area is 120 Å². The molecule has 1 amide bonds. The van der Waals surface area contributed by atoms with Crippen LogP contribution in [-0.4, -0.2) is 5.91 Å². The van der Waals surface area contributed by atoms with Crippen molar-refractivity contribution in [2.24, 2.45) is 5.18 Å². The Morgan fingerprint density at radius 3 is 2.60 bits per heavy atom. The van der Waals surface area contributed by atoms with Crippen molar-refractivity contribution in [1.29, 1.82) is 0 Å². The number of fused-ring (bicyclic) bond motifs is 1. The number of benzene rings is 2. The molecule has 1 unspecified atom stereocenters. The summed E-state index contributed by atoms with van der Waals surface area (Å²) in [4.78, 5) is 24.8. The standard InChI is InChI=1S/C15H11ClN2O2/c16-11-6-7-13-12(8-11)14(17-20)15(19)18(13)9-10-4-2-1-3-5-10/h1-8,14H,9H2. The lowest BCUT2D eigenvalue weighted by atomic mass is 10.1. The first-order chi connectivity index (χ1) is 9.70. The minimum absolute atomic E-state index is 0.305. The van der Waals surface area contributed by atoms with Gasteiger partial charge in [-0.2, -0.15) is 0 Å². The molecule has 100 valence electrons. The molecule has 0 saturated heterocycles. The summed E-state index contributed by atoms with van der Waals surface area (Å²) >= 11 is 5.93. The van der Waals surface area contributed by atoms with Gasteiger partial charge in [0.05, 0.1) is 12.2 Å². The number of hydrogen-bond donors (Lipinski definition) is 0. The topological polar surface area (TPSA) is 49.7 Å². The van der Waals surface area contributed by atoms with Crippen molar-refractivity contribution in [3.05, 3.63) is 69.6 Å². The van der Waals surface area contributed by atoms with Crippen molar-refractivity contribution in [3.63, 3.8) is 0 Å². The highest BCUT2D eigenvalue weighted by atomic mass is 35.5. The molecule has 20 heavy (non-hydrogen) atoms. The Morgan fingerprint density at radius 2 is 1.90 bits per heavy atom. The van der Waals surface area contributed by atoms with Gasteiger partial charge in [-0.25, -0.2) is 0 Å². The first-order valence-corrected chi connectivity index (χ1v) is 6.55. The van der Waals surface area contributed by atoms with Crippen LogP contribution >= 0.6 is 11.6 Å². The highest BCUT2D eigenvalue weighted by molar-refractivity contribution is 6.31. The fraction of sp³-hybridized carbons (Fsp3) is 0.133. The molecule has 2 aromatic rings. The van der Waals surface area contributed by atoms with Gasteiger partial charge < -0.3 is 4.90 Å². The van der Waals surface area contributed by atoms with Gasteiger partial charge in [-0.15, -0.1) is 4.91 Å². The molecule has 3 rings (SSSR count).